The normalized spacial score (nSPS) is 18.1. The molecule has 0 unspecified atom stereocenters. The molecular weight excluding hydrogens is 456 g/mol. The monoisotopic (exact) mass is 488 g/mol. The van der Waals surface area contributed by atoms with E-state index in [1.807, 2.05) is 53.6 Å². The van der Waals surface area contributed by atoms with Crippen LogP contribution in [-0.2, 0) is 24.3 Å². The second kappa shape index (κ2) is 10.3. The lowest BCUT2D eigenvalue weighted by molar-refractivity contribution is -0.136. The molecule has 0 saturated carbocycles. The Bertz CT molecular complexity index is 1160. The summed E-state index contributed by atoms with van der Waals surface area (Å²) < 4.78 is 0. The van der Waals surface area contributed by atoms with E-state index < -0.39 is 5.54 Å². The molecule has 182 valence electrons. The average molecular weight is 489 g/mol. The van der Waals surface area contributed by atoms with Crippen LogP contribution in [0.3, 0.4) is 0 Å². The number of imide groups is 1. The van der Waals surface area contributed by atoms with Gasteiger partial charge in [-0.25, -0.2) is 4.79 Å². The highest BCUT2D eigenvalue weighted by Gasteiger charge is 2.57. The van der Waals surface area contributed by atoms with Gasteiger partial charge in [0.05, 0.1) is 0 Å². The lowest BCUT2D eigenvalue weighted by Gasteiger charge is -2.42. The van der Waals surface area contributed by atoms with Gasteiger partial charge in [-0.3, -0.25) is 19.6 Å². The molecule has 2 aromatic heterocycles. The standard InChI is InChI=1S/C28H32N4O2S/c1-22-11-18-35-25(22)21-30-16-12-28(13-17-30)26(33)31(15-6-10-23-9-5-14-29-19-23)27(34)32(28)20-24-7-3-2-4-8-24/h2-5,7-9,11,14,18-19H,6,10,12-13,15-17,20-21H2,1H3. The summed E-state index contributed by atoms with van der Waals surface area (Å²) >= 11 is 1.79. The molecule has 2 saturated heterocycles. The Labute approximate surface area is 211 Å². The molecule has 1 aromatic carbocycles. The summed E-state index contributed by atoms with van der Waals surface area (Å²) in [6.07, 6.45) is 6.49. The zero-order valence-electron chi connectivity index (χ0n) is 20.2. The van der Waals surface area contributed by atoms with Crippen LogP contribution >= 0.6 is 11.3 Å². The minimum atomic E-state index is -0.748. The Hall–Kier alpha value is -3.03. The number of nitrogens with zero attached hydrogens (tertiary/aromatic N) is 4. The first-order valence-electron chi connectivity index (χ1n) is 12.4. The fourth-order valence-corrected chi connectivity index (χ4v) is 6.23. The van der Waals surface area contributed by atoms with Crippen molar-refractivity contribution in [3.63, 3.8) is 0 Å². The number of piperidine rings is 1. The van der Waals surface area contributed by atoms with Crippen LogP contribution in [0.2, 0.25) is 0 Å². The van der Waals surface area contributed by atoms with E-state index in [4.69, 9.17) is 0 Å². The number of hydrogen-bond donors (Lipinski definition) is 0. The lowest BCUT2D eigenvalue weighted by Crippen LogP contribution is -2.56. The van der Waals surface area contributed by atoms with E-state index >= 15 is 0 Å². The van der Waals surface area contributed by atoms with E-state index in [1.165, 1.54) is 15.3 Å². The van der Waals surface area contributed by atoms with Gasteiger partial charge in [0.1, 0.15) is 5.54 Å². The molecule has 0 bridgehead atoms. The first-order chi connectivity index (χ1) is 17.1. The number of rotatable bonds is 8. The van der Waals surface area contributed by atoms with Gasteiger partial charge in [0, 0.05) is 50.0 Å². The number of carbonyl (C=O) groups is 2. The number of amides is 3. The van der Waals surface area contributed by atoms with Crippen molar-refractivity contribution >= 4 is 23.3 Å². The van der Waals surface area contributed by atoms with Gasteiger partial charge in [-0.2, -0.15) is 0 Å². The maximum Gasteiger partial charge on any atom is 0.327 e. The third-order valence-corrected chi connectivity index (χ3v) is 8.40. The number of benzene rings is 1. The van der Waals surface area contributed by atoms with Crippen molar-refractivity contribution in [2.45, 2.75) is 51.2 Å². The van der Waals surface area contributed by atoms with Crippen molar-refractivity contribution in [1.82, 2.24) is 19.7 Å². The van der Waals surface area contributed by atoms with E-state index in [-0.39, 0.29) is 11.9 Å². The Morgan fingerprint density at radius 1 is 0.971 bits per heavy atom. The number of aromatic nitrogens is 1. The van der Waals surface area contributed by atoms with Crippen molar-refractivity contribution in [3.8, 4) is 0 Å². The molecule has 0 aliphatic carbocycles. The fraction of sp³-hybridized carbons (Fsp3) is 0.393. The number of carbonyl (C=O) groups excluding carboxylic acids is 2. The summed E-state index contributed by atoms with van der Waals surface area (Å²) in [6, 6.07) is 16.0. The van der Waals surface area contributed by atoms with Gasteiger partial charge < -0.3 is 4.90 Å². The number of hydrogen-bond acceptors (Lipinski definition) is 5. The van der Waals surface area contributed by atoms with E-state index in [2.05, 4.69) is 28.3 Å². The van der Waals surface area contributed by atoms with E-state index in [9.17, 15) is 9.59 Å². The lowest BCUT2D eigenvalue weighted by atomic mass is 9.85. The molecule has 3 amide bonds. The molecule has 0 atom stereocenters. The molecule has 0 N–H and O–H groups in total. The highest BCUT2D eigenvalue weighted by Crippen LogP contribution is 2.39. The van der Waals surface area contributed by atoms with Crippen LogP contribution in [-0.4, -0.2) is 56.8 Å². The van der Waals surface area contributed by atoms with Crippen LogP contribution in [0.25, 0.3) is 0 Å². The summed E-state index contributed by atoms with van der Waals surface area (Å²) in [5.74, 6) is -0.0171. The predicted molar refractivity (Wildman–Crippen MR) is 138 cm³/mol. The minimum absolute atomic E-state index is 0.0171. The molecule has 2 aliphatic rings. The van der Waals surface area contributed by atoms with Gasteiger partial charge in [-0.15, -0.1) is 11.3 Å². The Balaban J connectivity index is 1.32. The van der Waals surface area contributed by atoms with Gasteiger partial charge >= 0.3 is 6.03 Å². The number of urea groups is 1. The van der Waals surface area contributed by atoms with Gasteiger partial charge in [0.2, 0.25) is 0 Å². The molecular formula is C28H32N4O2S. The molecule has 1 spiro atoms. The zero-order valence-corrected chi connectivity index (χ0v) is 21.0. The van der Waals surface area contributed by atoms with Crippen molar-refractivity contribution in [3.05, 3.63) is 87.9 Å². The molecule has 6 nitrogen and oxygen atoms in total. The van der Waals surface area contributed by atoms with Gasteiger partial charge in [0.25, 0.3) is 5.91 Å². The number of aryl methyl sites for hydroxylation is 2. The fourth-order valence-electron chi connectivity index (χ4n) is 5.29. The van der Waals surface area contributed by atoms with Gasteiger partial charge in [0.15, 0.2) is 0 Å². The zero-order chi connectivity index (χ0) is 24.3. The topological polar surface area (TPSA) is 56.8 Å². The maximum absolute atomic E-state index is 13.8. The SMILES string of the molecule is Cc1ccsc1CN1CCC2(CC1)C(=O)N(CCCc1cccnc1)C(=O)N2Cc1ccccc1. The Morgan fingerprint density at radius 2 is 1.74 bits per heavy atom. The van der Waals surface area contributed by atoms with Gasteiger partial charge in [-0.05, 0) is 66.8 Å². The van der Waals surface area contributed by atoms with Crippen molar-refractivity contribution < 1.29 is 9.59 Å². The first kappa shape index (κ1) is 23.7. The number of pyridine rings is 1. The summed E-state index contributed by atoms with van der Waals surface area (Å²) in [6.45, 7) is 5.60. The van der Waals surface area contributed by atoms with E-state index in [0.717, 1.165) is 43.6 Å². The summed E-state index contributed by atoms with van der Waals surface area (Å²) in [7, 11) is 0. The molecule has 0 radical (unpaired) electrons. The van der Waals surface area contributed by atoms with Crippen LogP contribution in [0.15, 0.2) is 66.3 Å². The van der Waals surface area contributed by atoms with E-state index in [1.54, 1.807) is 17.5 Å². The minimum Gasteiger partial charge on any atom is -0.305 e. The first-order valence-corrected chi connectivity index (χ1v) is 13.3. The van der Waals surface area contributed by atoms with Crippen molar-refractivity contribution in [2.24, 2.45) is 0 Å². The van der Waals surface area contributed by atoms with E-state index in [0.29, 0.717) is 25.9 Å². The second-order valence-corrected chi connectivity index (χ2v) is 10.6. The predicted octanol–water partition coefficient (Wildman–Crippen LogP) is 4.88. The molecule has 4 heterocycles. The van der Waals surface area contributed by atoms with Crippen LogP contribution in [0.1, 0.15) is 40.8 Å². The summed E-state index contributed by atoms with van der Waals surface area (Å²) in [4.78, 5) is 38.8. The van der Waals surface area contributed by atoms with Crippen molar-refractivity contribution in [1.29, 1.82) is 0 Å². The Kier molecular flexibility index (Phi) is 6.97. The Morgan fingerprint density at radius 3 is 2.43 bits per heavy atom. The second-order valence-electron chi connectivity index (χ2n) is 9.61. The number of thiophene rings is 1. The summed E-state index contributed by atoms with van der Waals surface area (Å²) in [5.41, 5.74) is 2.76. The van der Waals surface area contributed by atoms with Crippen LogP contribution in [0.5, 0.6) is 0 Å². The molecule has 5 rings (SSSR count). The van der Waals surface area contributed by atoms with Crippen LogP contribution in [0, 0.1) is 6.92 Å². The quantitative estimate of drug-likeness (QED) is 0.424. The largest absolute Gasteiger partial charge is 0.327 e. The number of likely N-dealkylation sites (tertiary alicyclic amines) is 1. The molecule has 2 aliphatic heterocycles. The molecule has 3 aromatic rings. The molecule has 7 heteroatoms. The third-order valence-electron chi connectivity index (χ3n) is 7.39. The van der Waals surface area contributed by atoms with Crippen molar-refractivity contribution in [2.75, 3.05) is 19.6 Å². The highest BCUT2D eigenvalue weighted by atomic mass is 32.1. The average Bonchev–Trinajstić information content (AvgIpc) is 3.37. The third kappa shape index (κ3) is 4.88. The molecule has 2 fully saturated rings. The highest BCUT2D eigenvalue weighted by molar-refractivity contribution is 7.10. The smallest absolute Gasteiger partial charge is 0.305 e. The molecule has 35 heavy (non-hydrogen) atoms. The van der Waals surface area contributed by atoms with Crippen LogP contribution < -0.4 is 0 Å². The van der Waals surface area contributed by atoms with Gasteiger partial charge in [-0.1, -0.05) is 36.4 Å². The maximum atomic E-state index is 13.8. The van der Waals surface area contributed by atoms with Crippen LogP contribution in [0.4, 0.5) is 4.79 Å². The summed E-state index contributed by atoms with van der Waals surface area (Å²) in [5, 5.41) is 2.14.